The van der Waals surface area contributed by atoms with E-state index in [0.717, 1.165) is 11.3 Å². The minimum Gasteiger partial charge on any atom is -0.507 e. The number of aliphatic hydroxyl groups excluding tert-OH is 1. The molecule has 34 heavy (non-hydrogen) atoms. The number of nitrogens with zero attached hydrogens (tertiary/aromatic N) is 3. The summed E-state index contributed by atoms with van der Waals surface area (Å²) in [6, 6.07) is 8.99. The van der Waals surface area contributed by atoms with Crippen molar-refractivity contribution in [3.05, 3.63) is 88.7 Å². The number of benzene rings is 1. The smallest absolute Gasteiger partial charge is 0.301 e. The first-order valence-electron chi connectivity index (χ1n) is 10.4. The number of pyridine rings is 1. The highest BCUT2D eigenvalue weighted by Crippen LogP contribution is 2.44. The molecule has 1 unspecified atom stereocenters. The molecule has 1 aliphatic heterocycles. The normalized spacial score (nSPS) is 17.1. The number of thiazole rings is 1. The minimum absolute atomic E-state index is 0.0758. The van der Waals surface area contributed by atoms with Crippen LogP contribution < -0.4 is 9.64 Å². The van der Waals surface area contributed by atoms with E-state index in [1.54, 1.807) is 49.4 Å². The Hall–Kier alpha value is -4.11. The average Bonchev–Trinajstić information content (AvgIpc) is 3.35. The summed E-state index contributed by atoms with van der Waals surface area (Å²) in [6.45, 7) is 7.04. The van der Waals surface area contributed by atoms with Gasteiger partial charge in [0.1, 0.15) is 18.1 Å². The molecule has 1 amide bonds. The number of amides is 1. The van der Waals surface area contributed by atoms with E-state index < -0.39 is 17.7 Å². The van der Waals surface area contributed by atoms with Gasteiger partial charge in [-0.25, -0.2) is 4.98 Å². The van der Waals surface area contributed by atoms with E-state index in [1.165, 1.54) is 24.2 Å². The Bertz CT molecular complexity index is 1310. The van der Waals surface area contributed by atoms with Gasteiger partial charge < -0.3 is 9.84 Å². The van der Waals surface area contributed by atoms with Crippen molar-refractivity contribution >= 4 is 39.7 Å². The van der Waals surface area contributed by atoms with E-state index in [4.69, 9.17) is 4.74 Å². The summed E-state index contributed by atoms with van der Waals surface area (Å²) in [5.41, 5.74) is 1.31. The lowest BCUT2D eigenvalue weighted by Gasteiger charge is -2.23. The molecule has 0 bridgehead atoms. The molecule has 1 N–H and O–H groups in total. The lowest BCUT2D eigenvalue weighted by molar-refractivity contribution is -0.132. The van der Waals surface area contributed by atoms with Gasteiger partial charge in [-0.2, -0.15) is 0 Å². The Labute approximate surface area is 199 Å². The second-order valence-corrected chi connectivity index (χ2v) is 8.52. The monoisotopic (exact) mass is 475 g/mol. The highest BCUT2D eigenvalue weighted by molar-refractivity contribution is 7.18. The summed E-state index contributed by atoms with van der Waals surface area (Å²) in [7, 11) is 0. The van der Waals surface area contributed by atoms with Crippen molar-refractivity contribution in [2.45, 2.75) is 19.9 Å². The van der Waals surface area contributed by atoms with Crippen molar-refractivity contribution in [3.63, 3.8) is 0 Å². The lowest BCUT2D eigenvalue weighted by Crippen LogP contribution is -2.29. The molecule has 1 fully saturated rings. The molecule has 3 aromatic rings. The highest BCUT2D eigenvalue weighted by Gasteiger charge is 2.48. The third-order valence-electron chi connectivity index (χ3n) is 5.27. The average molecular weight is 476 g/mol. The molecule has 0 saturated carbocycles. The molecule has 9 heteroatoms. The molecule has 8 nitrogen and oxygen atoms in total. The fraction of sp³-hybridized carbons (Fsp3) is 0.160. The molecule has 1 aromatic carbocycles. The number of ketones is 2. The van der Waals surface area contributed by atoms with Crippen LogP contribution >= 0.6 is 11.3 Å². The largest absolute Gasteiger partial charge is 0.507 e. The number of aryl methyl sites for hydroxylation is 1. The standard InChI is InChI=1S/C25H21N3O5S/c1-4-13-33-18-7-5-16(6-8-18)20-19(21(30)17-9-11-26-12-10-17)22(31)24(32)28(20)25-27-14(2)23(34-25)15(3)29/h4-12,20,30H,1,13H2,2-3H3/b21-19+. The van der Waals surface area contributed by atoms with E-state index >= 15 is 0 Å². The van der Waals surface area contributed by atoms with E-state index in [-0.39, 0.29) is 22.2 Å². The summed E-state index contributed by atoms with van der Waals surface area (Å²) < 4.78 is 5.53. The first kappa shape index (κ1) is 23.1. The first-order chi connectivity index (χ1) is 16.3. The van der Waals surface area contributed by atoms with Crippen LogP contribution in [-0.4, -0.2) is 39.2 Å². The van der Waals surface area contributed by atoms with Crippen molar-refractivity contribution in [1.82, 2.24) is 9.97 Å². The molecular weight excluding hydrogens is 454 g/mol. The van der Waals surface area contributed by atoms with Crippen LogP contribution in [0.15, 0.2) is 67.0 Å². The Balaban J connectivity index is 1.89. The second kappa shape index (κ2) is 9.40. The molecule has 0 radical (unpaired) electrons. The highest BCUT2D eigenvalue weighted by atomic mass is 32.1. The third kappa shape index (κ3) is 4.13. The lowest BCUT2D eigenvalue weighted by atomic mass is 9.95. The van der Waals surface area contributed by atoms with Crippen LogP contribution in [0.2, 0.25) is 0 Å². The predicted octanol–water partition coefficient (Wildman–Crippen LogP) is 4.24. The fourth-order valence-electron chi connectivity index (χ4n) is 3.72. The number of anilines is 1. The number of carbonyl (C=O) groups excluding carboxylic acids is 3. The molecule has 4 rings (SSSR count). The Morgan fingerprint density at radius 2 is 1.88 bits per heavy atom. The summed E-state index contributed by atoms with van der Waals surface area (Å²) >= 11 is 1.04. The van der Waals surface area contributed by atoms with E-state index in [1.807, 2.05) is 0 Å². The topological polar surface area (TPSA) is 110 Å². The van der Waals surface area contributed by atoms with Crippen LogP contribution in [0.1, 0.15) is 39.5 Å². The second-order valence-electron chi connectivity index (χ2n) is 7.54. The number of hydrogen-bond donors (Lipinski definition) is 1. The van der Waals surface area contributed by atoms with Crippen LogP contribution in [0.4, 0.5) is 5.13 Å². The minimum atomic E-state index is -0.952. The molecule has 0 spiro atoms. The van der Waals surface area contributed by atoms with Crippen molar-refractivity contribution in [3.8, 4) is 5.75 Å². The van der Waals surface area contributed by atoms with Crippen molar-refractivity contribution in [1.29, 1.82) is 0 Å². The number of ether oxygens (including phenoxy) is 1. The molecular formula is C25H21N3O5S. The Morgan fingerprint density at radius 1 is 1.21 bits per heavy atom. The zero-order valence-electron chi connectivity index (χ0n) is 18.5. The van der Waals surface area contributed by atoms with Crippen LogP contribution in [-0.2, 0) is 9.59 Å². The molecule has 2 aromatic heterocycles. The summed E-state index contributed by atoms with van der Waals surface area (Å²) in [5, 5.41) is 11.3. The number of aromatic nitrogens is 2. The van der Waals surface area contributed by atoms with Gasteiger partial charge in [0.2, 0.25) is 0 Å². The summed E-state index contributed by atoms with van der Waals surface area (Å²) in [6.07, 6.45) is 4.58. The quantitative estimate of drug-likeness (QED) is 0.179. The fourth-order valence-corrected chi connectivity index (χ4v) is 4.71. The Kier molecular flexibility index (Phi) is 6.38. The zero-order chi connectivity index (χ0) is 24.4. The van der Waals surface area contributed by atoms with Gasteiger partial charge in [0, 0.05) is 24.9 Å². The summed E-state index contributed by atoms with van der Waals surface area (Å²) in [4.78, 5) is 48.3. The van der Waals surface area contributed by atoms with Gasteiger partial charge in [-0.3, -0.25) is 24.3 Å². The molecule has 1 aliphatic rings. The van der Waals surface area contributed by atoms with Gasteiger partial charge in [0.25, 0.3) is 5.78 Å². The maximum absolute atomic E-state index is 13.2. The van der Waals surface area contributed by atoms with Gasteiger partial charge in [0.05, 0.1) is 22.2 Å². The maximum atomic E-state index is 13.2. The van der Waals surface area contributed by atoms with Crippen molar-refractivity contribution in [2.24, 2.45) is 0 Å². The van der Waals surface area contributed by atoms with Gasteiger partial charge in [-0.05, 0) is 36.8 Å². The third-order valence-corrected chi connectivity index (χ3v) is 6.53. The van der Waals surface area contributed by atoms with Crippen LogP contribution in [0, 0.1) is 6.92 Å². The summed E-state index contributed by atoms with van der Waals surface area (Å²) in [5.74, 6) is -1.60. The van der Waals surface area contributed by atoms with Crippen LogP contribution in [0.3, 0.4) is 0 Å². The number of hydrogen-bond acceptors (Lipinski definition) is 8. The van der Waals surface area contributed by atoms with Gasteiger partial charge in [0.15, 0.2) is 10.9 Å². The number of rotatable bonds is 7. The van der Waals surface area contributed by atoms with Gasteiger partial charge >= 0.3 is 5.91 Å². The molecule has 0 aliphatic carbocycles. The van der Waals surface area contributed by atoms with E-state index in [0.29, 0.717) is 34.1 Å². The van der Waals surface area contributed by atoms with E-state index in [2.05, 4.69) is 16.5 Å². The van der Waals surface area contributed by atoms with Gasteiger partial charge in [-0.1, -0.05) is 36.1 Å². The molecule has 1 atom stereocenters. The van der Waals surface area contributed by atoms with Crippen molar-refractivity contribution in [2.75, 3.05) is 11.5 Å². The molecule has 172 valence electrons. The van der Waals surface area contributed by atoms with Crippen LogP contribution in [0.5, 0.6) is 5.75 Å². The molecule has 3 heterocycles. The van der Waals surface area contributed by atoms with Crippen molar-refractivity contribution < 1.29 is 24.2 Å². The first-order valence-corrected chi connectivity index (χ1v) is 11.2. The van der Waals surface area contributed by atoms with Gasteiger partial charge in [-0.15, -0.1) is 0 Å². The van der Waals surface area contributed by atoms with Crippen LogP contribution in [0.25, 0.3) is 5.76 Å². The number of aliphatic hydroxyl groups is 1. The zero-order valence-corrected chi connectivity index (χ0v) is 19.3. The Morgan fingerprint density at radius 3 is 2.47 bits per heavy atom. The number of carbonyl (C=O) groups is 3. The maximum Gasteiger partial charge on any atom is 0.301 e. The predicted molar refractivity (Wildman–Crippen MR) is 128 cm³/mol. The molecule has 1 saturated heterocycles. The number of Topliss-reactive ketones (excluding diaryl/α,β-unsaturated/α-hetero) is 2. The SMILES string of the molecule is C=CCOc1ccc(C2/C(=C(\O)c3ccncc3)C(=O)C(=O)N2c2nc(C)c(C(C)=O)s2)cc1. The van der Waals surface area contributed by atoms with E-state index in [9.17, 15) is 19.5 Å².